The highest BCUT2D eigenvalue weighted by Gasteiger charge is 2.45. The zero-order valence-corrected chi connectivity index (χ0v) is 21.7. The minimum absolute atomic E-state index is 0.0360. The number of hydrogen-bond acceptors (Lipinski definition) is 7. The summed E-state index contributed by atoms with van der Waals surface area (Å²) < 4.78 is 18.1. The van der Waals surface area contributed by atoms with Gasteiger partial charge in [-0.25, -0.2) is 4.98 Å². The van der Waals surface area contributed by atoms with Gasteiger partial charge in [-0.05, 0) is 49.2 Å². The molecule has 3 heterocycles. The van der Waals surface area contributed by atoms with Crippen LogP contribution in [-0.2, 0) is 6.61 Å². The van der Waals surface area contributed by atoms with E-state index in [1.165, 1.54) is 16.2 Å². The van der Waals surface area contributed by atoms with Crippen LogP contribution in [-0.4, -0.2) is 17.5 Å². The van der Waals surface area contributed by atoms with Crippen LogP contribution in [0.5, 0.6) is 11.5 Å². The molecule has 38 heavy (non-hydrogen) atoms. The first-order valence-electron chi connectivity index (χ1n) is 12.3. The first-order chi connectivity index (χ1) is 18.5. The molecule has 0 saturated carbocycles. The maximum Gasteiger partial charge on any atom is 0.297 e. The Morgan fingerprint density at radius 2 is 1.84 bits per heavy atom. The van der Waals surface area contributed by atoms with Crippen LogP contribution in [0.15, 0.2) is 87.5 Å². The second kappa shape index (κ2) is 9.79. The third kappa shape index (κ3) is 4.13. The molecule has 2 aromatic heterocycles. The quantitative estimate of drug-likeness (QED) is 0.249. The normalized spacial score (nSPS) is 14.6. The highest BCUT2D eigenvalue weighted by atomic mass is 32.1. The van der Waals surface area contributed by atoms with Crippen LogP contribution >= 0.6 is 11.3 Å². The molecule has 0 bridgehead atoms. The molecule has 6 rings (SSSR count). The first kappa shape index (κ1) is 23.9. The first-order valence-corrected chi connectivity index (χ1v) is 13.2. The Labute approximate surface area is 222 Å². The standard InChI is InChI=1S/C30H24N2O5S/c1-3-35-24-16-20(10-12-23(24)36-17-19-7-5-4-6-8-19)26-25-27(33)21-15-18(2)9-11-22(21)37-28(25)29(34)32(26)30-31-13-14-38-30/h4-16,26H,3,17H2,1-2H3. The lowest BCUT2D eigenvalue weighted by Crippen LogP contribution is -2.29. The minimum Gasteiger partial charge on any atom is -0.490 e. The number of ether oxygens (including phenoxy) is 2. The molecule has 1 aliphatic heterocycles. The number of thiazole rings is 1. The van der Waals surface area contributed by atoms with Crippen molar-refractivity contribution in [3.8, 4) is 11.5 Å². The van der Waals surface area contributed by atoms with Gasteiger partial charge in [0.05, 0.1) is 23.6 Å². The van der Waals surface area contributed by atoms with Crippen LogP contribution in [0.2, 0.25) is 0 Å². The Morgan fingerprint density at radius 3 is 2.61 bits per heavy atom. The fourth-order valence-electron chi connectivity index (χ4n) is 4.75. The van der Waals surface area contributed by atoms with E-state index in [2.05, 4.69) is 4.98 Å². The molecule has 0 radical (unpaired) electrons. The van der Waals surface area contributed by atoms with Gasteiger partial charge in [0, 0.05) is 11.6 Å². The number of aryl methyl sites for hydroxylation is 1. The van der Waals surface area contributed by atoms with Crippen LogP contribution < -0.4 is 19.8 Å². The van der Waals surface area contributed by atoms with Gasteiger partial charge in [0.2, 0.25) is 5.76 Å². The molecule has 0 spiro atoms. The second-order valence-corrected chi connectivity index (χ2v) is 9.85. The number of carbonyl (C=O) groups excluding carboxylic acids is 1. The Balaban J connectivity index is 1.49. The number of benzene rings is 3. The largest absolute Gasteiger partial charge is 0.490 e. The molecular formula is C30H24N2O5S. The molecule has 3 aromatic carbocycles. The Bertz CT molecular complexity index is 1700. The Morgan fingerprint density at radius 1 is 1.00 bits per heavy atom. The second-order valence-electron chi connectivity index (χ2n) is 8.98. The van der Waals surface area contributed by atoms with Crippen molar-refractivity contribution in [2.75, 3.05) is 11.5 Å². The SMILES string of the molecule is CCOc1cc(C2c3c(oc4ccc(C)cc4c3=O)C(=O)N2c2nccs2)ccc1OCc1ccccc1. The third-order valence-corrected chi connectivity index (χ3v) is 7.24. The summed E-state index contributed by atoms with van der Waals surface area (Å²) in [6.45, 7) is 4.62. The number of hydrogen-bond donors (Lipinski definition) is 0. The average molecular weight is 525 g/mol. The monoisotopic (exact) mass is 524 g/mol. The predicted molar refractivity (Wildman–Crippen MR) is 146 cm³/mol. The van der Waals surface area contributed by atoms with Crippen LogP contribution in [0.4, 0.5) is 5.13 Å². The molecule has 7 nitrogen and oxygen atoms in total. The molecule has 190 valence electrons. The molecule has 0 fully saturated rings. The van der Waals surface area contributed by atoms with Crippen molar-refractivity contribution in [3.05, 3.63) is 117 Å². The van der Waals surface area contributed by atoms with E-state index in [0.29, 0.717) is 51.9 Å². The van der Waals surface area contributed by atoms with Crippen molar-refractivity contribution in [2.45, 2.75) is 26.5 Å². The molecule has 0 N–H and O–H groups in total. The lowest BCUT2D eigenvalue weighted by molar-refractivity contribution is 0.0971. The van der Waals surface area contributed by atoms with Crippen molar-refractivity contribution in [1.82, 2.24) is 4.98 Å². The van der Waals surface area contributed by atoms with Gasteiger partial charge in [-0.1, -0.05) is 48.0 Å². The molecule has 1 amide bonds. The van der Waals surface area contributed by atoms with Gasteiger partial charge >= 0.3 is 0 Å². The molecular weight excluding hydrogens is 500 g/mol. The van der Waals surface area contributed by atoms with Gasteiger partial charge in [0.25, 0.3) is 5.91 Å². The molecule has 0 aliphatic carbocycles. The average Bonchev–Trinajstić information content (AvgIpc) is 3.56. The number of fused-ring (bicyclic) bond motifs is 2. The smallest absolute Gasteiger partial charge is 0.297 e. The number of aromatic nitrogens is 1. The van der Waals surface area contributed by atoms with Gasteiger partial charge in [-0.15, -0.1) is 11.3 Å². The zero-order valence-electron chi connectivity index (χ0n) is 20.8. The van der Waals surface area contributed by atoms with E-state index < -0.39 is 11.9 Å². The predicted octanol–water partition coefficient (Wildman–Crippen LogP) is 6.29. The lowest BCUT2D eigenvalue weighted by atomic mass is 9.98. The molecule has 0 saturated heterocycles. The van der Waals surface area contributed by atoms with E-state index in [0.717, 1.165) is 11.1 Å². The van der Waals surface area contributed by atoms with Crippen molar-refractivity contribution >= 4 is 33.3 Å². The van der Waals surface area contributed by atoms with Crippen LogP contribution in [0.1, 0.15) is 45.8 Å². The molecule has 1 atom stereocenters. The third-order valence-electron chi connectivity index (χ3n) is 6.47. The van der Waals surface area contributed by atoms with Gasteiger partial charge in [0.1, 0.15) is 12.2 Å². The number of anilines is 1. The highest BCUT2D eigenvalue weighted by Crippen LogP contribution is 2.44. The zero-order chi connectivity index (χ0) is 26.2. The minimum atomic E-state index is -0.729. The number of nitrogens with zero attached hydrogens (tertiary/aromatic N) is 2. The van der Waals surface area contributed by atoms with Gasteiger partial charge in [-0.2, -0.15) is 0 Å². The fourth-order valence-corrected chi connectivity index (χ4v) is 5.42. The van der Waals surface area contributed by atoms with E-state index in [-0.39, 0.29) is 11.2 Å². The topological polar surface area (TPSA) is 81.9 Å². The Kier molecular flexibility index (Phi) is 6.17. The van der Waals surface area contributed by atoms with Crippen molar-refractivity contribution in [1.29, 1.82) is 0 Å². The fraction of sp³-hybridized carbons (Fsp3) is 0.167. The summed E-state index contributed by atoms with van der Waals surface area (Å²) in [6, 6.07) is 20.0. The number of carbonyl (C=O) groups is 1. The highest BCUT2D eigenvalue weighted by molar-refractivity contribution is 7.13. The summed E-state index contributed by atoms with van der Waals surface area (Å²) in [5.41, 5.74) is 3.10. The van der Waals surface area contributed by atoms with E-state index in [9.17, 15) is 9.59 Å². The molecule has 8 heteroatoms. The maximum atomic E-state index is 13.8. The maximum absolute atomic E-state index is 13.8. The van der Waals surface area contributed by atoms with Crippen molar-refractivity contribution in [3.63, 3.8) is 0 Å². The van der Waals surface area contributed by atoms with Crippen LogP contribution in [0, 0.1) is 6.92 Å². The van der Waals surface area contributed by atoms with Crippen molar-refractivity contribution in [2.24, 2.45) is 0 Å². The van der Waals surface area contributed by atoms with E-state index >= 15 is 0 Å². The summed E-state index contributed by atoms with van der Waals surface area (Å²) in [4.78, 5) is 33.4. The van der Waals surface area contributed by atoms with Gasteiger partial charge in [0.15, 0.2) is 22.1 Å². The summed E-state index contributed by atoms with van der Waals surface area (Å²) in [5, 5.41) is 2.72. The van der Waals surface area contributed by atoms with E-state index in [1.54, 1.807) is 23.7 Å². The van der Waals surface area contributed by atoms with Crippen molar-refractivity contribution < 1.29 is 18.7 Å². The summed E-state index contributed by atoms with van der Waals surface area (Å²) in [6.07, 6.45) is 1.63. The Hall–Kier alpha value is -4.43. The van der Waals surface area contributed by atoms with Gasteiger partial charge < -0.3 is 13.9 Å². The van der Waals surface area contributed by atoms with Crippen LogP contribution in [0.25, 0.3) is 11.0 Å². The van der Waals surface area contributed by atoms with E-state index in [4.69, 9.17) is 13.9 Å². The van der Waals surface area contributed by atoms with E-state index in [1.807, 2.05) is 68.4 Å². The number of amides is 1. The lowest BCUT2D eigenvalue weighted by Gasteiger charge is -2.23. The number of rotatable bonds is 7. The molecule has 1 unspecified atom stereocenters. The summed E-state index contributed by atoms with van der Waals surface area (Å²) in [7, 11) is 0. The molecule has 5 aromatic rings. The van der Waals surface area contributed by atoms with Crippen LogP contribution in [0.3, 0.4) is 0 Å². The van der Waals surface area contributed by atoms with Gasteiger partial charge in [-0.3, -0.25) is 14.5 Å². The summed E-state index contributed by atoms with van der Waals surface area (Å²) in [5.74, 6) is 0.740. The summed E-state index contributed by atoms with van der Waals surface area (Å²) >= 11 is 1.32. The molecule has 1 aliphatic rings.